The molecule has 0 spiro atoms. The predicted molar refractivity (Wildman–Crippen MR) is 74.6 cm³/mol. The van der Waals surface area contributed by atoms with Crippen LogP contribution >= 0.6 is 28.6 Å². The number of carbonyl (C=O) groups excluding carboxylic acids is 1. The molecule has 94 valence electrons. The summed E-state index contributed by atoms with van der Waals surface area (Å²) in [5, 5.41) is 11.6. The van der Waals surface area contributed by atoms with Crippen molar-refractivity contribution < 1.29 is 9.90 Å². The van der Waals surface area contributed by atoms with Crippen LogP contribution in [0.1, 0.15) is 23.7 Å². The number of amides is 1. The maximum absolute atomic E-state index is 11.8. The van der Waals surface area contributed by atoms with Gasteiger partial charge in [0.1, 0.15) is 0 Å². The van der Waals surface area contributed by atoms with Crippen LogP contribution in [-0.4, -0.2) is 24.2 Å². The van der Waals surface area contributed by atoms with Crippen LogP contribution in [0.5, 0.6) is 0 Å². The average Bonchev–Trinajstić information content (AvgIpc) is 2.26. The van der Waals surface area contributed by atoms with Crippen LogP contribution < -0.4 is 5.32 Å². The van der Waals surface area contributed by atoms with E-state index in [4.69, 9.17) is 5.11 Å². The van der Waals surface area contributed by atoms with Crippen molar-refractivity contribution in [2.45, 2.75) is 18.2 Å². The Morgan fingerprint density at radius 3 is 2.88 bits per heavy atom. The zero-order valence-corrected chi connectivity index (χ0v) is 12.1. The second-order valence-corrected chi connectivity index (χ2v) is 5.39. The molecule has 17 heavy (non-hydrogen) atoms. The number of halogens is 1. The van der Waals surface area contributed by atoms with Crippen LogP contribution in [0.4, 0.5) is 0 Å². The highest BCUT2D eigenvalue weighted by atomic mass is 79.9. The van der Waals surface area contributed by atoms with E-state index in [1.54, 1.807) is 12.1 Å². The molecule has 0 aliphatic rings. The summed E-state index contributed by atoms with van der Waals surface area (Å²) in [6.45, 7) is 2.69. The Hall–Kier alpha value is -0.520. The number of thiol groups is 1. The van der Waals surface area contributed by atoms with Crippen LogP contribution in [0.15, 0.2) is 27.6 Å². The van der Waals surface area contributed by atoms with Crippen molar-refractivity contribution in [1.82, 2.24) is 5.32 Å². The predicted octanol–water partition coefficient (Wildman–Crippen LogP) is 2.49. The highest BCUT2D eigenvalue weighted by Crippen LogP contribution is 2.19. The zero-order valence-electron chi connectivity index (χ0n) is 9.61. The van der Waals surface area contributed by atoms with Gasteiger partial charge in [0.05, 0.1) is 5.56 Å². The molecular weight excluding hydrogens is 302 g/mol. The van der Waals surface area contributed by atoms with Crippen LogP contribution in [0.25, 0.3) is 0 Å². The molecule has 0 heterocycles. The van der Waals surface area contributed by atoms with E-state index in [9.17, 15) is 4.79 Å². The topological polar surface area (TPSA) is 49.3 Å². The van der Waals surface area contributed by atoms with E-state index in [0.29, 0.717) is 23.4 Å². The van der Waals surface area contributed by atoms with Gasteiger partial charge >= 0.3 is 0 Å². The van der Waals surface area contributed by atoms with Gasteiger partial charge in [-0.2, -0.15) is 0 Å². The van der Waals surface area contributed by atoms with Crippen molar-refractivity contribution in [3.8, 4) is 0 Å². The highest BCUT2D eigenvalue weighted by Gasteiger charge is 2.10. The molecule has 1 unspecified atom stereocenters. The van der Waals surface area contributed by atoms with E-state index in [-0.39, 0.29) is 18.4 Å². The number of carbonyl (C=O) groups is 1. The van der Waals surface area contributed by atoms with E-state index in [2.05, 4.69) is 33.9 Å². The largest absolute Gasteiger partial charge is 0.396 e. The van der Waals surface area contributed by atoms with Gasteiger partial charge < -0.3 is 10.4 Å². The summed E-state index contributed by atoms with van der Waals surface area (Å²) < 4.78 is 0.896. The molecule has 0 fully saturated rings. The molecule has 1 aromatic rings. The fourth-order valence-corrected chi connectivity index (χ4v) is 2.23. The number of aliphatic hydroxyl groups is 1. The Labute approximate surface area is 115 Å². The first-order valence-corrected chi connectivity index (χ1v) is 6.66. The number of nitrogens with one attached hydrogen (secondary N) is 1. The van der Waals surface area contributed by atoms with Crippen molar-refractivity contribution in [3.05, 3.63) is 28.2 Å². The minimum absolute atomic E-state index is 0.132. The average molecular weight is 318 g/mol. The van der Waals surface area contributed by atoms with Gasteiger partial charge in [-0.25, -0.2) is 0 Å². The van der Waals surface area contributed by atoms with Crippen molar-refractivity contribution in [3.63, 3.8) is 0 Å². The summed E-state index contributed by atoms with van der Waals surface area (Å²) in [6.07, 6.45) is 0.689. The lowest BCUT2D eigenvalue weighted by molar-refractivity contribution is 0.0942. The highest BCUT2D eigenvalue weighted by molar-refractivity contribution is 9.10. The van der Waals surface area contributed by atoms with Gasteiger partial charge in [0.25, 0.3) is 5.91 Å². The Kier molecular flexibility index (Phi) is 6.02. The van der Waals surface area contributed by atoms with Crippen molar-refractivity contribution in [2.75, 3.05) is 13.2 Å². The molecule has 3 nitrogen and oxygen atoms in total. The van der Waals surface area contributed by atoms with E-state index in [1.165, 1.54) is 0 Å². The lowest BCUT2D eigenvalue weighted by Crippen LogP contribution is -2.28. The van der Waals surface area contributed by atoms with Gasteiger partial charge in [0.2, 0.25) is 0 Å². The summed E-state index contributed by atoms with van der Waals surface area (Å²) in [4.78, 5) is 12.5. The van der Waals surface area contributed by atoms with Gasteiger partial charge in [-0.05, 0) is 30.5 Å². The number of benzene rings is 1. The summed E-state index contributed by atoms with van der Waals surface area (Å²) in [5.74, 6) is 0.134. The lowest BCUT2D eigenvalue weighted by Gasteiger charge is -2.12. The molecule has 0 aliphatic carbocycles. The second-order valence-electron chi connectivity index (χ2n) is 3.99. The third-order valence-corrected chi connectivity index (χ3v) is 3.30. The Morgan fingerprint density at radius 2 is 2.29 bits per heavy atom. The third kappa shape index (κ3) is 4.69. The molecule has 0 aliphatic heterocycles. The first-order valence-electron chi connectivity index (χ1n) is 5.42. The normalized spacial score (nSPS) is 12.2. The maximum atomic E-state index is 11.8. The standard InChI is InChI=1S/C12H16BrNO2S/c1-8(4-5-15)7-14-12(16)10-3-2-9(13)6-11(10)17/h2-3,6,8,15,17H,4-5,7H2,1H3,(H,14,16). The minimum atomic E-state index is -0.132. The fraction of sp³-hybridized carbons (Fsp3) is 0.417. The molecule has 1 amide bonds. The van der Waals surface area contributed by atoms with Gasteiger partial charge in [-0.1, -0.05) is 22.9 Å². The van der Waals surface area contributed by atoms with E-state index in [0.717, 1.165) is 4.47 Å². The van der Waals surface area contributed by atoms with Crippen LogP contribution in [0.2, 0.25) is 0 Å². The summed E-state index contributed by atoms with van der Waals surface area (Å²) in [7, 11) is 0. The smallest absolute Gasteiger partial charge is 0.252 e. The third-order valence-electron chi connectivity index (χ3n) is 2.44. The molecule has 0 aromatic heterocycles. The minimum Gasteiger partial charge on any atom is -0.396 e. The summed E-state index contributed by atoms with van der Waals surface area (Å²) in [5.41, 5.74) is 0.563. The molecule has 0 saturated carbocycles. The maximum Gasteiger partial charge on any atom is 0.252 e. The molecular formula is C12H16BrNO2S. The Bertz CT molecular complexity index is 398. The summed E-state index contributed by atoms with van der Waals surface area (Å²) in [6, 6.07) is 5.33. The van der Waals surface area contributed by atoms with Gasteiger partial charge in [-0.15, -0.1) is 12.6 Å². The first kappa shape index (κ1) is 14.5. The van der Waals surface area contributed by atoms with Crippen LogP contribution in [-0.2, 0) is 0 Å². The van der Waals surface area contributed by atoms with Crippen LogP contribution in [0.3, 0.4) is 0 Å². The SMILES string of the molecule is CC(CCO)CNC(=O)c1ccc(Br)cc1S. The molecule has 1 aromatic carbocycles. The summed E-state index contributed by atoms with van der Waals surface area (Å²) >= 11 is 7.58. The Morgan fingerprint density at radius 1 is 1.59 bits per heavy atom. The zero-order chi connectivity index (χ0) is 12.8. The van der Waals surface area contributed by atoms with Gasteiger partial charge in [0, 0.05) is 22.5 Å². The number of hydrogen-bond donors (Lipinski definition) is 3. The molecule has 5 heteroatoms. The monoisotopic (exact) mass is 317 g/mol. The molecule has 0 bridgehead atoms. The van der Waals surface area contributed by atoms with Crippen molar-refractivity contribution >= 4 is 34.5 Å². The number of hydrogen-bond acceptors (Lipinski definition) is 3. The van der Waals surface area contributed by atoms with E-state index in [1.807, 2.05) is 13.0 Å². The Balaban J connectivity index is 2.58. The van der Waals surface area contributed by atoms with Gasteiger partial charge in [0.15, 0.2) is 0 Å². The molecule has 0 radical (unpaired) electrons. The van der Waals surface area contributed by atoms with Crippen LogP contribution in [0, 0.1) is 5.92 Å². The fourth-order valence-electron chi connectivity index (χ4n) is 1.38. The molecule has 1 atom stereocenters. The van der Waals surface area contributed by atoms with Gasteiger partial charge in [-0.3, -0.25) is 4.79 Å². The van der Waals surface area contributed by atoms with E-state index < -0.39 is 0 Å². The number of aliphatic hydroxyl groups excluding tert-OH is 1. The van der Waals surface area contributed by atoms with Crippen molar-refractivity contribution in [1.29, 1.82) is 0 Å². The lowest BCUT2D eigenvalue weighted by atomic mass is 10.1. The molecule has 0 saturated heterocycles. The first-order chi connectivity index (χ1) is 8.04. The molecule has 1 rings (SSSR count). The van der Waals surface area contributed by atoms with E-state index >= 15 is 0 Å². The number of rotatable bonds is 5. The molecule has 2 N–H and O–H groups in total. The second kappa shape index (κ2) is 7.03. The quantitative estimate of drug-likeness (QED) is 0.731. The van der Waals surface area contributed by atoms with Crippen molar-refractivity contribution in [2.24, 2.45) is 5.92 Å².